The third-order valence-corrected chi connectivity index (χ3v) is 21.0. The molecule has 0 saturated carbocycles. The molecule has 5 aliphatic rings. The Kier molecular flexibility index (Phi) is 10.2. The number of aryl methyl sites for hydroxylation is 1. The Balaban J connectivity index is 1.26. The van der Waals surface area contributed by atoms with Crippen LogP contribution < -0.4 is 26.2 Å². The fraction of sp³-hybridized carbons (Fsp3) is 0.478. The van der Waals surface area contributed by atoms with Gasteiger partial charge in [0.25, 0.3) is 6.71 Å². The molecule has 378 valence electrons. The molecule has 6 aromatic carbocycles. The first-order valence-corrected chi connectivity index (χ1v) is 28.9. The Labute approximate surface area is 444 Å². The van der Waals surface area contributed by atoms with Crippen LogP contribution in [-0.2, 0) is 43.3 Å². The highest BCUT2D eigenvalue weighted by Gasteiger charge is 2.49. The topological polar surface area (TPSA) is 6.48 Å². The number of thiophene rings is 1. The highest BCUT2D eigenvalue weighted by Crippen LogP contribution is 2.56. The molecule has 0 amide bonds. The molecule has 0 bridgehead atoms. The highest BCUT2D eigenvalue weighted by molar-refractivity contribution is 7.26. The van der Waals surface area contributed by atoms with Crippen LogP contribution >= 0.6 is 11.3 Å². The maximum absolute atomic E-state index is 2.77. The zero-order chi connectivity index (χ0) is 52.3. The molecule has 4 heteroatoms. The van der Waals surface area contributed by atoms with Crippen molar-refractivity contribution in [1.29, 1.82) is 0 Å². The Bertz CT molecular complexity index is 3520. The van der Waals surface area contributed by atoms with Gasteiger partial charge in [0.1, 0.15) is 0 Å². The van der Waals surface area contributed by atoms with Gasteiger partial charge < -0.3 is 9.80 Å². The summed E-state index contributed by atoms with van der Waals surface area (Å²) in [5.74, 6) is 0. The van der Waals surface area contributed by atoms with E-state index in [9.17, 15) is 0 Å². The second-order valence-electron chi connectivity index (χ2n) is 29.9. The van der Waals surface area contributed by atoms with Gasteiger partial charge in [0.2, 0.25) is 0 Å². The quantitative estimate of drug-likeness (QED) is 0.159. The molecular weight excluding hydrogens is 900 g/mol. The number of hydrogen-bond donors (Lipinski definition) is 0. The summed E-state index contributed by atoms with van der Waals surface area (Å²) < 4.78 is 2.75. The first-order valence-electron chi connectivity index (χ1n) is 28.1. The van der Waals surface area contributed by atoms with Gasteiger partial charge in [-0.2, -0.15) is 0 Å². The second kappa shape index (κ2) is 15.2. The third-order valence-electron chi connectivity index (χ3n) is 19.8. The molecule has 0 radical (unpaired) electrons. The minimum atomic E-state index is -0.113. The first-order chi connectivity index (χ1) is 33.8. The van der Waals surface area contributed by atoms with Gasteiger partial charge in [-0.1, -0.05) is 161 Å². The van der Waals surface area contributed by atoms with Crippen molar-refractivity contribution >= 4 is 88.7 Å². The van der Waals surface area contributed by atoms with Gasteiger partial charge in [-0.3, -0.25) is 0 Å². The molecular formula is C69H83BN2S. The van der Waals surface area contributed by atoms with E-state index in [2.05, 4.69) is 226 Å². The Morgan fingerprint density at radius 3 is 1.48 bits per heavy atom. The zero-order valence-corrected chi connectivity index (χ0v) is 49.0. The van der Waals surface area contributed by atoms with Crippen LogP contribution in [0.25, 0.3) is 20.2 Å². The molecule has 73 heavy (non-hydrogen) atoms. The van der Waals surface area contributed by atoms with Crippen molar-refractivity contribution in [2.75, 3.05) is 9.80 Å². The molecule has 0 saturated heterocycles. The summed E-state index contributed by atoms with van der Waals surface area (Å²) >= 11 is 1.98. The van der Waals surface area contributed by atoms with E-state index in [0.29, 0.717) is 0 Å². The first kappa shape index (κ1) is 49.1. The summed E-state index contributed by atoms with van der Waals surface area (Å²) in [7, 11) is 0. The average molecular weight is 983 g/mol. The zero-order valence-electron chi connectivity index (χ0n) is 48.2. The molecule has 12 rings (SSSR count). The van der Waals surface area contributed by atoms with Gasteiger partial charge in [0.05, 0.1) is 0 Å². The molecule has 0 N–H and O–H groups in total. The number of benzene rings is 6. The van der Waals surface area contributed by atoms with Crippen LogP contribution in [0, 0.1) is 6.92 Å². The van der Waals surface area contributed by atoms with Crippen molar-refractivity contribution < 1.29 is 0 Å². The summed E-state index contributed by atoms with van der Waals surface area (Å²) in [6, 6.07) is 36.0. The lowest BCUT2D eigenvalue weighted by atomic mass is 9.33. The summed E-state index contributed by atoms with van der Waals surface area (Å²) in [6.07, 6.45) is 7.12. The van der Waals surface area contributed by atoms with Crippen molar-refractivity contribution in [1.82, 2.24) is 0 Å². The minimum Gasteiger partial charge on any atom is -0.311 e. The molecule has 2 aliphatic heterocycles. The molecule has 3 aliphatic carbocycles. The predicted octanol–water partition coefficient (Wildman–Crippen LogP) is 18.1. The van der Waals surface area contributed by atoms with E-state index >= 15 is 0 Å². The van der Waals surface area contributed by atoms with Crippen LogP contribution in [0.1, 0.15) is 213 Å². The van der Waals surface area contributed by atoms with Crippen LogP contribution in [0.2, 0.25) is 0 Å². The van der Waals surface area contributed by atoms with Crippen molar-refractivity contribution in [3.05, 3.63) is 135 Å². The maximum Gasteiger partial charge on any atom is 0.252 e. The van der Waals surface area contributed by atoms with E-state index < -0.39 is 0 Å². The maximum atomic E-state index is 2.77. The fourth-order valence-corrected chi connectivity index (χ4v) is 15.8. The molecule has 0 spiro atoms. The molecule has 7 aromatic rings. The van der Waals surface area contributed by atoms with Crippen molar-refractivity contribution in [2.45, 2.75) is 213 Å². The van der Waals surface area contributed by atoms with Crippen LogP contribution in [0.3, 0.4) is 0 Å². The normalized spacial score (nSPS) is 20.5. The van der Waals surface area contributed by atoms with E-state index in [1.54, 1.807) is 0 Å². The van der Waals surface area contributed by atoms with Gasteiger partial charge in [-0.05, 0) is 204 Å². The number of rotatable bonds is 2. The van der Waals surface area contributed by atoms with Crippen LogP contribution in [0.4, 0.5) is 34.1 Å². The van der Waals surface area contributed by atoms with E-state index in [-0.39, 0.29) is 50.0 Å². The van der Waals surface area contributed by atoms with Crippen LogP contribution in [0.15, 0.2) is 84.9 Å². The largest absolute Gasteiger partial charge is 0.311 e. The number of hydrogen-bond acceptors (Lipinski definition) is 3. The number of fused-ring (bicyclic) bond motifs is 10. The van der Waals surface area contributed by atoms with Crippen LogP contribution in [-0.4, -0.2) is 6.71 Å². The monoisotopic (exact) mass is 983 g/mol. The second-order valence-corrected chi connectivity index (χ2v) is 31.0. The van der Waals surface area contributed by atoms with E-state index in [4.69, 9.17) is 0 Å². The SMILES string of the molecule is Cc1cc2c(cc1N1c3cc4sc5cccc(C(C)(C)C)c5c4cc3B3c4cc5c(cc4N(c4ccc6c(c4)C(C)(C)CCC6(C)C)c4cc(C(C)(C)C)cc1c43)C(C)(C)CCC5(C)C)C(C)(C)CCC2(C)C. The average Bonchev–Trinajstić information content (AvgIpc) is 3.67. The Morgan fingerprint density at radius 1 is 0.438 bits per heavy atom. The number of anilines is 6. The molecule has 0 atom stereocenters. The standard InChI is InChI=1S/C69H83BN2S/c1-40-31-46-49(68(16,17)29-27-65(46,10)11)37-53(40)72-55-39-59-43(60-45(63(5,6)7)21-20-22-58(60)73-59)35-51(55)70-52-36-48-50(69(18,19)30-28-67(48,14)15)38-54(52)71(56-32-41(62(2,3)4)33-57(72)61(56)70)42-23-24-44-47(34-42)66(12,13)26-25-64(44,8)9/h20-24,31-39H,25-30H2,1-19H3. The van der Waals surface area contributed by atoms with Crippen molar-refractivity contribution in [3.63, 3.8) is 0 Å². The van der Waals surface area contributed by atoms with Crippen LogP contribution in [0.5, 0.6) is 0 Å². The molecule has 0 unspecified atom stereocenters. The Morgan fingerprint density at radius 2 is 0.918 bits per heavy atom. The fourth-order valence-electron chi connectivity index (χ4n) is 14.6. The Hall–Kier alpha value is -4.80. The summed E-state index contributed by atoms with van der Waals surface area (Å²) in [5, 5.41) is 2.83. The lowest BCUT2D eigenvalue weighted by Crippen LogP contribution is -2.62. The molecule has 1 aromatic heterocycles. The smallest absolute Gasteiger partial charge is 0.252 e. The highest BCUT2D eigenvalue weighted by atomic mass is 32.1. The molecule has 0 fully saturated rings. The van der Waals surface area contributed by atoms with Gasteiger partial charge in [0.15, 0.2) is 0 Å². The molecule has 3 heterocycles. The number of nitrogens with zero attached hydrogens (tertiary/aromatic N) is 2. The van der Waals surface area contributed by atoms with E-state index in [0.717, 1.165) is 0 Å². The van der Waals surface area contributed by atoms with Crippen molar-refractivity contribution in [2.24, 2.45) is 0 Å². The summed E-state index contributed by atoms with van der Waals surface area (Å²) in [6.45, 7) is 46.8. The third kappa shape index (κ3) is 7.20. The van der Waals surface area contributed by atoms with Crippen molar-refractivity contribution in [3.8, 4) is 0 Å². The summed E-state index contributed by atoms with van der Waals surface area (Å²) in [5.41, 5.74) is 25.8. The van der Waals surface area contributed by atoms with Gasteiger partial charge in [-0.25, -0.2) is 0 Å². The van der Waals surface area contributed by atoms with Gasteiger partial charge in [0, 0.05) is 54.3 Å². The van der Waals surface area contributed by atoms with Gasteiger partial charge in [-0.15, -0.1) is 11.3 Å². The lowest BCUT2D eigenvalue weighted by Gasteiger charge is -2.49. The van der Waals surface area contributed by atoms with E-state index in [1.807, 2.05) is 11.3 Å². The van der Waals surface area contributed by atoms with Gasteiger partial charge >= 0.3 is 0 Å². The predicted molar refractivity (Wildman–Crippen MR) is 321 cm³/mol. The van der Waals surface area contributed by atoms with E-state index in [1.165, 1.54) is 159 Å². The summed E-state index contributed by atoms with van der Waals surface area (Å²) in [4.78, 5) is 5.54. The minimum absolute atomic E-state index is 0.00650. The molecule has 2 nitrogen and oxygen atoms in total. The lowest BCUT2D eigenvalue weighted by molar-refractivity contribution is 0.332.